The summed E-state index contributed by atoms with van der Waals surface area (Å²) in [6.45, 7) is 2.47. The van der Waals surface area contributed by atoms with Crippen LogP contribution >= 0.6 is 11.8 Å². The van der Waals surface area contributed by atoms with Crippen LogP contribution in [0.4, 0.5) is 0 Å². The van der Waals surface area contributed by atoms with Gasteiger partial charge in [0.2, 0.25) is 10.0 Å². The lowest BCUT2D eigenvalue weighted by Crippen LogP contribution is -2.38. The van der Waals surface area contributed by atoms with E-state index in [1.165, 1.54) is 19.1 Å². The minimum atomic E-state index is -3.03. The van der Waals surface area contributed by atoms with Gasteiger partial charge in [0.05, 0.1) is 6.26 Å². The van der Waals surface area contributed by atoms with Gasteiger partial charge in [0.15, 0.2) is 0 Å². The zero-order chi connectivity index (χ0) is 11.3. The zero-order valence-electron chi connectivity index (χ0n) is 9.40. The summed E-state index contributed by atoms with van der Waals surface area (Å²) >= 11 is 1.86. The Kier molecular flexibility index (Phi) is 5.38. The molecule has 1 fully saturated rings. The monoisotopic (exact) mass is 252 g/mol. The molecule has 4 nitrogen and oxygen atoms in total. The molecule has 0 aromatic carbocycles. The first-order valence-corrected chi connectivity index (χ1v) is 8.49. The van der Waals surface area contributed by atoms with E-state index >= 15 is 0 Å². The van der Waals surface area contributed by atoms with Gasteiger partial charge in [-0.3, -0.25) is 4.90 Å². The van der Waals surface area contributed by atoms with Crippen molar-refractivity contribution in [1.82, 2.24) is 9.62 Å². The normalized spacial score (nSPS) is 23.5. The molecular formula is C9H20N2O2S2. The maximum absolute atomic E-state index is 10.9. The Bertz CT molecular complexity index is 280. The van der Waals surface area contributed by atoms with Crippen LogP contribution in [0, 0.1) is 0 Å². The highest BCUT2D eigenvalue weighted by atomic mass is 32.2. The van der Waals surface area contributed by atoms with Crippen molar-refractivity contribution < 1.29 is 8.42 Å². The predicted octanol–water partition coefficient (Wildman–Crippen LogP) is 0.363. The van der Waals surface area contributed by atoms with Crippen LogP contribution in [-0.2, 0) is 10.0 Å². The smallest absolute Gasteiger partial charge is 0.208 e. The molecule has 1 aliphatic heterocycles. The predicted molar refractivity (Wildman–Crippen MR) is 65.8 cm³/mol. The first-order valence-electron chi connectivity index (χ1n) is 5.20. The molecule has 1 saturated heterocycles. The van der Waals surface area contributed by atoms with Gasteiger partial charge in [0.1, 0.15) is 0 Å². The van der Waals surface area contributed by atoms with E-state index in [9.17, 15) is 8.42 Å². The van der Waals surface area contributed by atoms with Crippen molar-refractivity contribution in [2.75, 3.05) is 37.9 Å². The summed E-state index contributed by atoms with van der Waals surface area (Å²) in [5, 5.41) is 0. The van der Waals surface area contributed by atoms with E-state index < -0.39 is 10.0 Å². The lowest BCUT2D eigenvalue weighted by Gasteiger charge is -2.23. The van der Waals surface area contributed by atoms with Crippen LogP contribution in [-0.4, -0.2) is 57.3 Å². The van der Waals surface area contributed by atoms with Crippen LogP contribution in [0.25, 0.3) is 0 Å². The average Bonchev–Trinajstić information content (AvgIpc) is 2.51. The average molecular weight is 252 g/mol. The fourth-order valence-electron chi connectivity index (χ4n) is 1.95. The van der Waals surface area contributed by atoms with E-state index in [-0.39, 0.29) is 0 Å². The molecule has 0 unspecified atom stereocenters. The van der Waals surface area contributed by atoms with Crippen molar-refractivity contribution in [1.29, 1.82) is 0 Å². The third-order valence-electron chi connectivity index (χ3n) is 2.62. The van der Waals surface area contributed by atoms with Gasteiger partial charge in [-0.25, -0.2) is 13.1 Å². The van der Waals surface area contributed by atoms with Crippen molar-refractivity contribution in [3.8, 4) is 0 Å². The van der Waals surface area contributed by atoms with Crippen molar-refractivity contribution in [3.05, 3.63) is 0 Å². The van der Waals surface area contributed by atoms with Crippen LogP contribution in [0.15, 0.2) is 0 Å². The number of thioether (sulfide) groups is 1. The summed E-state index contributed by atoms with van der Waals surface area (Å²) in [6, 6.07) is 0.640. The van der Waals surface area contributed by atoms with E-state index in [0.29, 0.717) is 12.6 Å². The fraction of sp³-hybridized carbons (Fsp3) is 1.00. The molecule has 1 rings (SSSR count). The molecule has 90 valence electrons. The Hall–Kier alpha value is 0.220. The van der Waals surface area contributed by atoms with Crippen LogP contribution in [0.3, 0.4) is 0 Å². The summed E-state index contributed by atoms with van der Waals surface area (Å²) in [6.07, 6.45) is 5.81. The standard InChI is InChI=1S/C9H20N2O2S2/c1-14-8-9-4-3-6-11(9)7-5-10-15(2,12)13/h9-10H,3-8H2,1-2H3/t9-/m0/s1. The molecule has 0 bridgehead atoms. The quantitative estimate of drug-likeness (QED) is 0.742. The molecule has 6 heteroatoms. The molecule has 0 aliphatic carbocycles. The first-order chi connectivity index (χ1) is 7.03. The molecule has 1 aliphatic rings. The van der Waals surface area contributed by atoms with Gasteiger partial charge in [0, 0.05) is 24.9 Å². The van der Waals surface area contributed by atoms with Gasteiger partial charge in [-0.1, -0.05) is 0 Å². The second-order valence-corrected chi connectivity index (χ2v) is 6.70. The minimum Gasteiger partial charge on any atom is -0.298 e. The highest BCUT2D eigenvalue weighted by Gasteiger charge is 2.23. The second kappa shape index (κ2) is 6.08. The molecule has 15 heavy (non-hydrogen) atoms. The molecule has 1 atom stereocenters. The Morgan fingerprint density at radius 2 is 2.27 bits per heavy atom. The Balaban J connectivity index is 2.25. The third-order valence-corrected chi connectivity index (χ3v) is 4.07. The van der Waals surface area contributed by atoms with Gasteiger partial charge >= 0.3 is 0 Å². The molecule has 0 aromatic heterocycles. The highest BCUT2D eigenvalue weighted by molar-refractivity contribution is 7.98. The van der Waals surface area contributed by atoms with Gasteiger partial charge in [-0.15, -0.1) is 0 Å². The van der Waals surface area contributed by atoms with Gasteiger partial charge in [0.25, 0.3) is 0 Å². The number of rotatable bonds is 6. The Morgan fingerprint density at radius 3 is 2.87 bits per heavy atom. The molecule has 0 saturated carbocycles. The van der Waals surface area contributed by atoms with Crippen molar-refractivity contribution in [2.24, 2.45) is 0 Å². The number of sulfonamides is 1. The molecule has 0 spiro atoms. The maximum Gasteiger partial charge on any atom is 0.208 e. The number of hydrogen-bond acceptors (Lipinski definition) is 4. The second-order valence-electron chi connectivity index (χ2n) is 3.95. The number of likely N-dealkylation sites (tertiary alicyclic amines) is 1. The Labute approximate surface area is 96.8 Å². The third kappa shape index (κ3) is 5.19. The number of nitrogens with one attached hydrogen (secondary N) is 1. The number of hydrogen-bond donors (Lipinski definition) is 1. The molecule has 1 N–H and O–H groups in total. The van der Waals surface area contributed by atoms with Crippen molar-refractivity contribution in [3.63, 3.8) is 0 Å². The molecule has 1 heterocycles. The van der Waals surface area contributed by atoms with Crippen LogP contribution in [0.5, 0.6) is 0 Å². The van der Waals surface area contributed by atoms with Crippen LogP contribution in [0.2, 0.25) is 0 Å². The zero-order valence-corrected chi connectivity index (χ0v) is 11.0. The van der Waals surface area contributed by atoms with E-state index in [2.05, 4.69) is 15.9 Å². The topological polar surface area (TPSA) is 49.4 Å². The molecule has 0 amide bonds. The molecular weight excluding hydrogens is 232 g/mol. The summed E-state index contributed by atoms with van der Waals surface area (Å²) in [4.78, 5) is 2.38. The van der Waals surface area contributed by atoms with Crippen LogP contribution in [0.1, 0.15) is 12.8 Å². The van der Waals surface area contributed by atoms with Crippen LogP contribution < -0.4 is 4.72 Å². The molecule has 0 radical (unpaired) electrons. The summed E-state index contributed by atoms with van der Waals surface area (Å²) < 4.78 is 24.3. The lowest BCUT2D eigenvalue weighted by molar-refractivity contribution is 0.277. The van der Waals surface area contributed by atoms with Crippen molar-refractivity contribution in [2.45, 2.75) is 18.9 Å². The Morgan fingerprint density at radius 1 is 1.53 bits per heavy atom. The van der Waals surface area contributed by atoms with E-state index in [1.807, 2.05) is 11.8 Å². The van der Waals surface area contributed by atoms with Gasteiger partial charge in [-0.2, -0.15) is 11.8 Å². The molecule has 0 aromatic rings. The largest absolute Gasteiger partial charge is 0.298 e. The highest BCUT2D eigenvalue weighted by Crippen LogP contribution is 2.19. The lowest BCUT2D eigenvalue weighted by atomic mass is 10.2. The summed E-state index contributed by atoms with van der Waals surface area (Å²) in [5.41, 5.74) is 0. The van der Waals surface area contributed by atoms with E-state index in [1.54, 1.807) is 0 Å². The maximum atomic E-state index is 10.9. The summed E-state index contributed by atoms with van der Waals surface area (Å²) in [7, 11) is -3.03. The first kappa shape index (κ1) is 13.3. The minimum absolute atomic E-state index is 0.531. The SMILES string of the molecule is CSC[C@@H]1CCCN1CCNS(C)(=O)=O. The van der Waals surface area contributed by atoms with E-state index in [4.69, 9.17) is 0 Å². The van der Waals surface area contributed by atoms with E-state index in [0.717, 1.165) is 18.8 Å². The summed E-state index contributed by atoms with van der Waals surface area (Å²) in [5.74, 6) is 1.15. The fourth-order valence-corrected chi connectivity index (χ4v) is 3.17. The van der Waals surface area contributed by atoms with Gasteiger partial charge in [-0.05, 0) is 25.6 Å². The van der Waals surface area contributed by atoms with Crippen molar-refractivity contribution >= 4 is 21.8 Å². The number of nitrogens with zero attached hydrogens (tertiary/aromatic N) is 1. The van der Waals surface area contributed by atoms with Gasteiger partial charge < -0.3 is 0 Å².